The van der Waals surface area contributed by atoms with Crippen LogP contribution in [0.4, 0.5) is 0 Å². The molecule has 1 fully saturated rings. The van der Waals surface area contributed by atoms with Crippen molar-refractivity contribution in [2.75, 3.05) is 13.6 Å². The largest absolute Gasteiger partial charge is 0.401 e. The van der Waals surface area contributed by atoms with Gasteiger partial charge in [-0.15, -0.1) is 0 Å². The Bertz CT molecular complexity index is 125. The first kappa shape index (κ1) is 6.62. The van der Waals surface area contributed by atoms with Gasteiger partial charge in [-0.2, -0.15) is 0 Å². The summed E-state index contributed by atoms with van der Waals surface area (Å²) in [6.45, 7) is 4.89. The van der Waals surface area contributed by atoms with E-state index in [1.807, 2.05) is 0 Å². The lowest BCUT2D eigenvalue weighted by atomic mass is 10.2. The summed E-state index contributed by atoms with van der Waals surface area (Å²) in [5.74, 6) is 0. The molecule has 0 spiro atoms. The van der Waals surface area contributed by atoms with Gasteiger partial charge in [0.05, 0.1) is 0 Å². The van der Waals surface area contributed by atoms with Gasteiger partial charge in [0.15, 0.2) is 0 Å². The van der Waals surface area contributed by atoms with Gasteiger partial charge in [-0.3, -0.25) is 4.90 Å². The van der Waals surface area contributed by atoms with Crippen LogP contribution >= 0.6 is 0 Å². The zero-order valence-corrected chi connectivity index (χ0v) is 5.93. The van der Waals surface area contributed by atoms with Crippen molar-refractivity contribution in [2.24, 2.45) is 5.73 Å². The Labute approximate surface area is 57.8 Å². The van der Waals surface area contributed by atoms with Gasteiger partial charge in [0.25, 0.3) is 0 Å². The Balaban J connectivity index is 0.000000810. The first-order valence-corrected chi connectivity index (χ1v) is 3.36. The number of nitrogens with zero attached hydrogens (tertiary/aromatic N) is 1. The highest BCUT2D eigenvalue weighted by atomic mass is 15.2. The topological polar surface area (TPSA) is 29.3 Å². The fourth-order valence-corrected chi connectivity index (χ4v) is 1.38. The van der Waals surface area contributed by atoms with Crippen molar-refractivity contribution in [1.82, 2.24) is 4.90 Å². The molecular formula is C7H16N2. The van der Waals surface area contributed by atoms with Crippen molar-refractivity contribution in [3.05, 3.63) is 12.3 Å². The highest BCUT2D eigenvalue weighted by molar-refractivity contribution is 5.02. The summed E-state index contributed by atoms with van der Waals surface area (Å²) < 4.78 is 0. The molecule has 1 rings (SSSR count). The fraction of sp³-hybridized carbons (Fsp3) is 0.714. The smallest absolute Gasteiger partial charge is 0.0484 e. The molecule has 0 saturated carbocycles. The summed E-state index contributed by atoms with van der Waals surface area (Å²) in [5, 5.41) is 0. The molecule has 0 aliphatic carbocycles. The van der Waals surface area contributed by atoms with Crippen LogP contribution in [0.15, 0.2) is 12.3 Å². The van der Waals surface area contributed by atoms with Crippen molar-refractivity contribution in [3.63, 3.8) is 0 Å². The van der Waals surface area contributed by atoms with E-state index in [2.05, 4.69) is 18.5 Å². The van der Waals surface area contributed by atoms with Crippen LogP contribution in [0.2, 0.25) is 0 Å². The molecule has 1 aliphatic heterocycles. The van der Waals surface area contributed by atoms with E-state index in [1.165, 1.54) is 19.4 Å². The molecular weight excluding hydrogens is 112 g/mol. The molecule has 9 heavy (non-hydrogen) atoms. The van der Waals surface area contributed by atoms with Crippen molar-refractivity contribution in [1.29, 1.82) is 0 Å². The van der Waals surface area contributed by atoms with E-state index >= 15 is 0 Å². The fourth-order valence-electron chi connectivity index (χ4n) is 1.38. The minimum atomic E-state index is 0. The van der Waals surface area contributed by atoms with E-state index in [1.54, 1.807) is 0 Å². The van der Waals surface area contributed by atoms with Crippen LogP contribution in [-0.2, 0) is 0 Å². The molecule has 54 valence electrons. The molecule has 0 aromatic carbocycles. The van der Waals surface area contributed by atoms with Gasteiger partial charge in [0.2, 0.25) is 0 Å². The highest BCUT2D eigenvalue weighted by Crippen LogP contribution is 2.17. The van der Waals surface area contributed by atoms with Gasteiger partial charge in [-0.1, -0.05) is 6.58 Å². The number of hydrogen-bond acceptors (Lipinski definition) is 2. The first-order valence-electron chi connectivity index (χ1n) is 3.36. The minimum absolute atomic E-state index is 0. The maximum absolute atomic E-state index is 5.55. The second-order valence-electron chi connectivity index (χ2n) is 2.71. The number of hydrogen-bond donors (Lipinski definition) is 1. The molecule has 0 aromatic heterocycles. The number of rotatable bonds is 1. The Kier molecular flexibility index (Phi) is 1.76. The standard InChI is InChI=1S/C7H14N2.H2/c1-6(8)7-4-3-5-9(7)2;/h7H,1,3-5,8H2,2H3;1H/t7-;/m0./s1. The van der Waals surface area contributed by atoms with Gasteiger partial charge in [0, 0.05) is 13.2 Å². The summed E-state index contributed by atoms with van der Waals surface area (Å²) in [6.07, 6.45) is 2.45. The molecule has 0 radical (unpaired) electrons. The SMILES string of the molecule is C=C(N)[C@@H]1CCCN1C.[HH]. The van der Waals surface area contributed by atoms with Crippen LogP contribution in [0.3, 0.4) is 0 Å². The Morgan fingerprint density at radius 1 is 1.89 bits per heavy atom. The summed E-state index contributed by atoms with van der Waals surface area (Å²) >= 11 is 0. The third-order valence-electron chi connectivity index (χ3n) is 1.95. The zero-order chi connectivity index (χ0) is 6.85. The van der Waals surface area contributed by atoms with Gasteiger partial charge >= 0.3 is 0 Å². The number of nitrogens with two attached hydrogens (primary N) is 1. The second-order valence-corrected chi connectivity index (χ2v) is 2.71. The quantitative estimate of drug-likeness (QED) is 0.566. The number of likely N-dealkylation sites (N-methyl/N-ethyl adjacent to an activating group) is 1. The van der Waals surface area contributed by atoms with Crippen LogP contribution in [0, 0.1) is 0 Å². The summed E-state index contributed by atoms with van der Waals surface area (Å²) in [6, 6.07) is 0.449. The third-order valence-corrected chi connectivity index (χ3v) is 1.95. The van der Waals surface area contributed by atoms with Gasteiger partial charge in [-0.25, -0.2) is 0 Å². The maximum Gasteiger partial charge on any atom is 0.0484 e. The second kappa shape index (κ2) is 2.40. The van der Waals surface area contributed by atoms with E-state index < -0.39 is 0 Å². The van der Waals surface area contributed by atoms with Gasteiger partial charge < -0.3 is 5.73 Å². The molecule has 0 amide bonds. The van der Waals surface area contributed by atoms with E-state index in [4.69, 9.17) is 5.73 Å². The van der Waals surface area contributed by atoms with Crippen LogP contribution in [0.5, 0.6) is 0 Å². The Morgan fingerprint density at radius 2 is 2.56 bits per heavy atom. The van der Waals surface area contributed by atoms with E-state index in [0.717, 1.165) is 5.70 Å². The van der Waals surface area contributed by atoms with Crippen LogP contribution in [0.25, 0.3) is 0 Å². The first-order chi connectivity index (χ1) is 4.22. The molecule has 1 saturated heterocycles. The lowest BCUT2D eigenvalue weighted by Crippen LogP contribution is -2.29. The average molecular weight is 128 g/mol. The van der Waals surface area contributed by atoms with Crippen molar-refractivity contribution in [3.8, 4) is 0 Å². The normalized spacial score (nSPS) is 28.8. The molecule has 0 unspecified atom stereocenters. The van der Waals surface area contributed by atoms with Crippen LogP contribution < -0.4 is 5.73 Å². The molecule has 0 bridgehead atoms. The average Bonchev–Trinajstić information content (AvgIpc) is 2.13. The van der Waals surface area contributed by atoms with Crippen molar-refractivity contribution < 1.29 is 1.43 Å². The lowest BCUT2D eigenvalue weighted by Gasteiger charge is -2.18. The summed E-state index contributed by atoms with van der Waals surface area (Å²) in [7, 11) is 2.09. The Morgan fingerprint density at radius 3 is 2.78 bits per heavy atom. The summed E-state index contributed by atoms with van der Waals surface area (Å²) in [4.78, 5) is 2.25. The van der Waals surface area contributed by atoms with E-state index in [9.17, 15) is 0 Å². The highest BCUT2D eigenvalue weighted by Gasteiger charge is 2.21. The molecule has 1 aliphatic rings. The van der Waals surface area contributed by atoms with E-state index in [0.29, 0.717) is 6.04 Å². The van der Waals surface area contributed by atoms with Crippen molar-refractivity contribution in [2.45, 2.75) is 18.9 Å². The predicted octanol–water partition coefficient (Wildman–Crippen LogP) is 0.799. The monoisotopic (exact) mass is 128 g/mol. The molecule has 1 heterocycles. The van der Waals surface area contributed by atoms with Gasteiger partial charge in [-0.05, 0) is 26.4 Å². The molecule has 2 heteroatoms. The van der Waals surface area contributed by atoms with Crippen molar-refractivity contribution >= 4 is 0 Å². The number of likely N-dealkylation sites (tertiary alicyclic amines) is 1. The zero-order valence-electron chi connectivity index (χ0n) is 5.93. The maximum atomic E-state index is 5.55. The third kappa shape index (κ3) is 1.24. The van der Waals surface area contributed by atoms with Gasteiger partial charge in [0.1, 0.15) is 0 Å². The van der Waals surface area contributed by atoms with Crippen LogP contribution in [0.1, 0.15) is 14.3 Å². The predicted molar refractivity (Wildman–Crippen MR) is 41.1 cm³/mol. The molecule has 0 aromatic rings. The summed E-state index contributed by atoms with van der Waals surface area (Å²) in [5.41, 5.74) is 6.37. The molecule has 1 atom stereocenters. The van der Waals surface area contributed by atoms with Crippen LogP contribution in [-0.4, -0.2) is 24.5 Å². The lowest BCUT2D eigenvalue weighted by molar-refractivity contribution is 0.343. The Hall–Kier alpha value is -0.500. The van der Waals surface area contributed by atoms with E-state index in [-0.39, 0.29) is 1.43 Å². The molecule has 2 N–H and O–H groups in total. The molecule has 2 nitrogen and oxygen atoms in total. The minimum Gasteiger partial charge on any atom is -0.401 e.